The van der Waals surface area contributed by atoms with E-state index in [4.69, 9.17) is 10.00 Å². The standard InChI is InChI=1S/C16H19N3O2/c1-16(2,3)21-15(20)18-7-9-19-8-6-13-10-12(11-17)4-5-14(13)19/h4-6,8,10H,7,9H2,1-3H3,(H,18,20). The van der Waals surface area contributed by atoms with E-state index in [0.717, 1.165) is 10.9 Å². The van der Waals surface area contributed by atoms with Crippen LogP contribution in [0.4, 0.5) is 4.79 Å². The Hall–Kier alpha value is -2.48. The number of alkyl carbamates (subject to hydrolysis) is 1. The number of aromatic nitrogens is 1. The third-order valence-electron chi connectivity index (χ3n) is 2.92. The van der Waals surface area contributed by atoms with Crippen molar-refractivity contribution in [3.05, 3.63) is 36.0 Å². The van der Waals surface area contributed by atoms with Gasteiger partial charge in [0.1, 0.15) is 5.60 Å². The largest absolute Gasteiger partial charge is 0.444 e. The molecule has 0 radical (unpaired) electrons. The summed E-state index contributed by atoms with van der Waals surface area (Å²) in [5.74, 6) is 0. The van der Waals surface area contributed by atoms with Crippen LogP contribution in [-0.4, -0.2) is 22.8 Å². The van der Waals surface area contributed by atoms with Gasteiger partial charge in [-0.3, -0.25) is 0 Å². The average molecular weight is 285 g/mol. The van der Waals surface area contributed by atoms with Crippen molar-refractivity contribution in [1.82, 2.24) is 9.88 Å². The minimum atomic E-state index is -0.488. The van der Waals surface area contributed by atoms with Gasteiger partial charge in [-0.1, -0.05) is 0 Å². The molecule has 5 heteroatoms. The van der Waals surface area contributed by atoms with Crippen LogP contribution in [0.1, 0.15) is 26.3 Å². The lowest BCUT2D eigenvalue weighted by molar-refractivity contribution is 0.0526. The van der Waals surface area contributed by atoms with E-state index in [1.54, 1.807) is 6.07 Å². The zero-order chi connectivity index (χ0) is 15.5. The highest BCUT2D eigenvalue weighted by molar-refractivity contribution is 5.81. The summed E-state index contributed by atoms with van der Waals surface area (Å²) in [5, 5.41) is 12.6. The maximum atomic E-state index is 11.6. The minimum absolute atomic E-state index is 0.411. The first-order valence-corrected chi connectivity index (χ1v) is 6.85. The highest BCUT2D eigenvalue weighted by Gasteiger charge is 2.15. The Bertz CT molecular complexity index is 690. The summed E-state index contributed by atoms with van der Waals surface area (Å²) in [6, 6.07) is 9.65. The first kappa shape index (κ1) is 14.9. The van der Waals surface area contributed by atoms with Gasteiger partial charge in [-0.25, -0.2) is 4.79 Å². The van der Waals surface area contributed by atoms with Crippen LogP contribution in [0.15, 0.2) is 30.5 Å². The lowest BCUT2D eigenvalue weighted by Crippen LogP contribution is -2.34. The molecule has 110 valence electrons. The van der Waals surface area contributed by atoms with E-state index >= 15 is 0 Å². The van der Waals surface area contributed by atoms with E-state index < -0.39 is 11.7 Å². The van der Waals surface area contributed by atoms with Crippen molar-refractivity contribution in [2.45, 2.75) is 32.9 Å². The lowest BCUT2D eigenvalue weighted by Gasteiger charge is -2.19. The van der Waals surface area contributed by atoms with Gasteiger partial charge < -0.3 is 14.6 Å². The summed E-state index contributed by atoms with van der Waals surface area (Å²) in [6.45, 7) is 6.63. The fraction of sp³-hybridized carbons (Fsp3) is 0.375. The van der Waals surface area contributed by atoms with Gasteiger partial charge in [0, 0.05) is 30.2 Å². The number of ether oxygens (including phenoxy) is 1. The number of nitrogens with zero attached hydrogens (tertiary/aromatic N) is 2. The van der Waals surface area contributed by atoms with Crippen molar-refractivity contribution in [2.24, 2.45) is 0 Å². The number of benzene rings is 1. The molecule has 0 aliphatic rings. The second-order valence-corrected chi connectivity index (χ2v) is 5.82. The molecule has 0 atom stereocenters. The van der Waals surface area contributed by atoms with Crippen LogP contribution >= 0.6 is 0 Å². The third-order valence-corrected chi connectivity index (χ3v) is 2.92. The third kappa shape index (κ3) is 3.99. The first-order chi connectivity index (χ1) is 9.89. The van der Waals surface area contributed by atoms with Crippen LogP contribution in [0.2, 0.25) is 0 Å². The predicted octanol–water partition coefficient (Wildman–Crippen LogP) is 3.04. The number of nitriles is 1. The summed E-state index contributed by atoms with van der Waals surface area (Å²) >= 11 is 0. The zero-order valence-corrected chi connectivity index (χ0v) is 12.5. The van der Waals surface area contributed by atoms with Crippen molar-refractivity contribution < 1.29 is 9.53 Å². The normalized spacial score (nSPS) is 11.1. The number of carbonyl (C=O) groups is 1. The lowest BCUT2D eigenvalue weighted by atomic mass is 10.2. The van der Waals surface area contributed by atoms with Crippen molar-refractivity contribution in [1.29, 1.82) is 5.26 Å². The molecular weight excluding hydrogens is 266 g/mol. The van der Waals surface area contributed by atoms with Gasteiger partial charge in [0.2, 0.25) is 0 Å². The molecule has 1 heterocycles. The summed E-state index contributed by atoms with van der Waals surface area (Å²) in [4.78, 5) is 11.6. The van der Waals surface area contributed by atoms with Gasteiger partial charge in [-0.05, 0) is 45.0 Å². The molecule has 1 amide bonds. The number of rotatable bonds is 3. The smallest absolute Gasteiger partial charge is 0.407 e. The molecule has 0 spiro atoms. The number of nitrogens with one attached hydrogen (secondary N) is 1. The molecular formula is C16H19N3O2. The molecule has 1 aromatic heterocycles. The molecule has 2 aromatic rings. The van der Waals surface area contributed by atoms with Crippen molar-refractivity contribution in [2.75, 3.05) is 6.54 Å². The van der Waals surface area contributed by atoms with Crippen LogP contribution in [0.5, 0.6) is 0 Å². The van der Waals surface area contributed by atoms with Gasteiger partial charge in [0.25, 0.3) is 0 Å². The van der Waals surface area contributed by atoms with Gasteiger partial charge in [-0.15, -0.1) is 0 Å². The Balaban J connectivity index is 1.95. The molecule has 5 nitrogen and oxygen atoms in total. The molecule has 0 fully saturated rings. The topological polar surface area (TPSA) is 67.0 Å². The summed E-state index contributed by atoms with van der Waals surface area (Å²) in [7, 11) is 0. The Morgan fingerprint density at radius 3 is 2.81 bits per heavy atom. The van der Waals surface area contributed by atoms with E-state index in [1.165, 1.54) is 0 Å². The molecule has 0 saturated carbocycles. The zero-order valence-electron chi connectivity index (χ0n) is 12.5. The molecule has 0 saturated heterocycles. The van der Waals surface area contributed by atoms with E-state index in [-0.39, 0.29) is 0 Å². The molecule has 0 aliphatic carbocycles. The second-order valence-electron chi connectivity index (χ2n) is 5.82. The summed E-state index contributed by atoms with van der Waals surface area (Å²) < 4.78 is 7.22. The quantitative estimate of drug-likeness (QED) is 0.942. The van der Waals surface area contributed by atoms with Crippen LogP contribution in [-0.2, 0) is 11.3 Å². The highest BCUT2D eigenvalue weighted by atomic mass is 16.6. The van der Waals surface area contributed by atoms with Crippen molar-refractivity contribution in [3.63, 3.8) is 0 Å². The van der Waals surface area contributed by atoms with E-state index in [9.17, 15) is 4.79 Å². The van der Waals surface area contributed by atoms with Crippen LogP contribution in [0.25, 0.3) is 10.9 Å². The number of fused-ring (bicyclic) bond motifs is 1. The fourth-order valence-corrected chi connectivity index (χ4v) is 2.06. The first-order valence-electron chi connectivity index (χ1n) is 6.85. The van der Waals surface area contributed by atoms with Crippen LogP contribution in [0, 0.1) is 11.3 Å². The number of hydrogen-bond acceptors (Lipinski definition) is 3. The van der Waals surface area contributed by atoms with Gasteiger partial charge in [-0.2, -0.15) is 5.26 Å². The molecule has 0 unspecified atom stereocenters. The van der Waals surface area contributed by atoms with E-state index in [1.807, 2.05) is 49.7 Å². The molecule has 1 aromatic carbocycles. The number of amides is 1. The average Bonchev–Trinajstić information content (AvgIpc) is 2.79. The molecule has 0 aliphatic heterocycles. The monoisotopic (exact) mass is 285 g/mol. The predicted molar refractivity (Wildman–Crippen MR) is 80.9 cm³/mol. The Kier molecular flexibility index (Phi) is 4.18. The SMILES string of the molecule is CC(C)(C)OC(=O)NCCn1ccc2cc(C#N)ccc21. The van der Waals surface area contributed by atoms with Gasteiger partial charge >= 0.3 is 6.09 Å². The second kappa shape index (κ2) is 5.88. The van der Waals surface area contributed by atoms with E-state index in [0.29, 0.717) is 18.7 Å². The summed E-state index contributed by atoms with van der Waals surface area (Å²) in [5.41, 5.74) is 1.20. The Morgan fingerprint density at radius 1 is 1.38 bits per heavy atom. The highest BCUT2D eigenvalue weighted by Crippen LogP contribution is 2.17. The molecule has 1 N–H and O–H groups in total. The Labute approximate surface area is 124 Å². The molecule has 21 heavy (non-hydrogen) atoms. The van der Waals surface area contributed by atoms with Gasteiger partial charge in [0.05, 0.1) is 11.6 Å². The maximum absolute atomic E-state index is 11.6. The fourth-order valence-electron chi connectivity index (χ4n) is 2.06. The maximum Gasteiger partial charge on any atom is 0.407 e. The summed E-state index contributed by atoms with van der Waals surface area (Å²) in [6.07, 6.45) is 1.54. The van der Waals surface area contributed by atoms with E-state index in [2.05, 4.69) is 11.4 Å². The molecule has 0 bridgehead atoms. The number of carbonyl (C=O) groups excluding carboxylic acids is 1. The van der Waals surface area contributed by atoms with Crippen LogP contribution in [0.3, 0.4) is 0 Å². The molecule has 2 rings (SSSR count). The van der Waals surface area contributed by atoms with Crippen LogP contribution < -0.4 is 5.32 Å². The van der Waals surface area contributed by atoms with Gasteiger partial charge in [0.15, 0.2) is 0 Å². The minimum Gasteiger partial charge on any atom is -0.444 e. The van der Waals surface area contributed by atoms with Crippen molar-refractivity contribution in [3.8, 4) is 6.07 Å². The number of hydrogen-bond donors (Lipinski definition) is 1. The van der Waals surface area contributed by atoms with Crippen molar-refractivity contribution >= 4 is 17.0 Å². The Morgan fingerprint density at radius 2 is 2.14 bits per heavy atom.